The van der Waals surface area contributed by atoms with Crippen molar-refractivity contribution in [1.29, 1.82) is 0 Å². The van der Waals surface area contributed by atoms with Gasteiger partial charge in [-0.05, 0) is 43.5 Å². The van der Waals surface area contributed by atoms with Crippen molar-refractivity contribution in [2.45, 2.75) is 32.7 Å². The smallest absolute Gasteiger partial charge is 0.223 e. The highest BCUT2D eigenvalue weighted by molar-refractivity contribution is 7.91. The molecule has 0 saturated carbocycles. The van der Waals surface area contributed by atoms with Crippen LogP contribution in [0.3, 0.4) is 0 Å². The number of aryl methyl sites for hydroxylation is 2. The Kier molecular flexibility index (Phi) is 4.88. The van der Waals surface area contributed by atoms with Gasteiger partial charge in [0.15, 0.2) is 9.84 Å². The lowest BCUT2D eigenvalue weighted by molar-refractivity contribution is -0.122. The fourth-order valence-corrected chi connectivity index (χ4v) is 3.95. The molecule has 1 fully saturated rings. The SMILES string of the molecule is Cc1ccc(OCCC(=O)N[C@H]2CCS(=O)(=O)C2)cc1C. The van der Waals surface area contributed by atoms with Crippen molar-refractivity contribution in [1.82, 2.24) is 5.32 Å². The van der Waals surface area contributed by atoms with Crippen molar-refractivity contribution in [3.63, 3.8) is 0 Å². The van der Waals surface area contributed by atoms with Crippen molar-refractivity contribution >= 4 is 15.7 Å². The van der Waals surface area contributed by atoms with Crippen molar-refractivity contribution in [3.8, 4) is 5.75 Å². The maximum absolute atomic E-state index is 11.7. The zero-order valence-corrected chi connectivity index (χ0v) is 13.2. The highest BCUT2D eigenvalue weighted by atomic mass is 32.2. The van der Waals surface area contributed by atoms with Crippen molar-refractivity contribution in [2.75, 3.05) is 18.1 Å². The summed E-state index contributed by atoms with van der Waals surface area (Å²) >= 11 is 0. The zero-order valence-electron chi connectivity index (χ0n) is 12.4. The topological polar surface area (TPSA) is 72.5 Å². The predicted octanol–water partition coefficient (Wildman–Crippen LogP) is 1.38. The fourth-order valence-electron chi connectivity index (χ4n) is 2.27. The van der Waals surface area contributed by atoms with Gasteiger partial charge in [-0.3, -0.25) is 4.79 Å². The van der Waals surface area contributed by atoms with Gasteiger partial charge in [-0.2, -0.15) is 0 Å². The maximum atomic E-state index is 11.7. The second kappa shape index (κ2) is 6.47. The quantitative estimate of drug-likeness (QED) is 0.891. The molecule has 1 saturated heterocycles. The molecular formula is C15H21NO4S. The summed E-state index contributed by atoms with van der Waals surface area (Å²) in [4.78, 5) is 11.7. The van der Waals surface area contributed by atoms with E-state index in [1.54, 1.807) is 0 Å². The van der Waals surface area contributed by atoms with Gasteiger partial charge in [0.05, 0.1) is 24.5 Å². The fraction of sp³-hybridized carbons (Fsp3) is 0.533. The van der Waals surface area contributed by atoms with Crippen LogP contribution in [0.4, 0.5) is 0 Å². The van der Waals surface area contributed by atoms with Crippen LogP contribution in [0.15, 0.2) is 18.2 Å². The van der Waals surface area contributed by atoms with E-state index in [1.165, 1.54) is 5.56 Å². The van der Waals surface area contributed by atoms with Crippen molar-refractivity contribution in [3.05, 3.63) is 29.3 Å². The molecule has 1 aliphatic heterocycles. The molecule has 5 nitrogen and oxygen atoms in total. The molecule has 6 heteroatoms. The minimum absolute atomic E-state index is 0.0523. The predicted molar refractivity (Wildman–Crippen MR) is 81.2 cm³/mol. The normalized spacial score (nSPS) is 20.2. The Morgan fingerprint density at radius 3 is 2.71 bits per heavy atom. The van der Waals surface area contributed by atoms with Crippen LogP contribution in [0.5, 0.6) is 5.75 Å². The highest BCUT2D eigenvalue weighted by Gasteiger charge is 2.28. The molecule has 1 aromatic carbocycles. The van der Waals surface area contributed by atoms with Crippen LogP contribution in [0.1, 0.15) is 24.0 Å². The first-order chi connectivity index (χ1) is 9.85. The van der Waals surface area contributed by atoms with Crippen LogP contribution >= 0.6 is 0 Å². The monoisotopic (exact) mass is 311 g/mol. The molecule has 1 amide bonds. The van der Waals surface area contributed by atoms with Gasteiger partial charge in [-0.25, -0.2) is 8.42 Å². The molecule has 0 bridgehead atoms. The Morgan fingerprint density at radius 1 is 1.33 bits per heavy atom. The van der Waals surface area contributed by atoms with E-state index in [2.05, 4.69) is 5.32 Å². The van der Waals surface area contributed by atoms with Gasteiger partial charge < -0.3 is 10.1 Å². The van der Waals surface area contributed by atoms with Crippen LogP contribution in [-0.2, 0) is 14.6 Å². The molecule has 0 radical (unpaired) electrons. The third-order valence-corrected chi connectivity index (χ3v) is 5.44. The van der Waals surface area contributed by atoms with Crippen LogP contribution < -0.4 is 10.1 Å². The molecule has 0 aliphatic carbocycles. The molecule has 116 valence electrons. The zero-order chi connectivity index (χ0) is 15.5. The summed E-state index contributed by atoms with van der Waals surface area (Å²) in [5.74, 6) is 0.795. The number of ether oxygens (including phenoxy) is 1. The van der Waals surface area contributed by atoms with E-state index in [0.29, 0.717) is 6.42 Å². The standard InChI is InChI=1S/C15H21NO4S/c1-11-3-4-14(9-12(11)2)20-7-5-15(17)16-13-6-8-21(18,19)10-13/h3-4,9,13H,5-8,10H2,1-2H3,(H,16,17)/t13-/m0/s1. The van der Waals surface area contributed by atoms with E-state index in [0.717, 1.165) is 11.3 Å². The number of hydrogen-bond donors (Lipinski definition) is 1. The van der Waals surface area contributed by atoms with Crippen LogP contribution in [0.2, 0.25) is 0 Å². The van der Waals surface area contributed by atoms with Gasteiger partial charge in [-0.1, -0.05) is 6.07 Å². The Bertz CT molecular complexity index is 625. The third-order valence-electron chi connectivity index (χ3n) is 3.67. The second-order valence-corrected chi connectivity index (χ2v) is 7.74. The molecule has 2 rings (SSSR count). The molecule has 0 spiro atoms. The van der Waals surface area contributed by atoms with Gasteiger partial charge in [0.2, 0.25) is 5.91 Å². The maximum Gasteiger partial charge on any atom is 0.223 e. The van der Waals surface area contributed by atoms with E-state index < -0.39 is 9.84 Å². The molecule has 0 unspecified atom stereocenters. The summed E-state index contributed by atoms with van der Waals surface area (Å²) < 4.78 is 28.1. The molecule has 1 N–H and O–H groups in total. The first-order valence-corrected chi connectivity index (χ1v) is 8.88. The first-order valence-electron chi connectivity index (χ1n) is 7.05. The van der Waals surface area contributed by atoms with Crippen molar-refractivity contribution < 1.29 is 17.9 Å². The van der Waals surface area contributed by atoms with Gasteiger partial charge in [0, 0.05) is 6.04 Å². The van der Waals surface area contributed by atoms with E-state index in [9.17, 15) is 13.2 Å². The summed E-state index contributed by atoms with van der Waals surface area (Å²) in [7, 11) is -2.96. The number of nitrogens with one attached hydrogen (secondary N) is 1. The third kappa shape index (κ3) is 4.74. The Morgan fingerprint density at radius 2 is 2.10 bits per heavy atom. The van der Waals surface area contributed by atoms with E-state index >= 15 is 0 Å². The van der Waals surface area contributed by atoms with E-state index in [-0.39, 0.29) is 36.5 Å². The Balaban J connectivity index is 1.73. The highest BCUT2D eigenvalue weighted by Crippen LogP contribution is 2.16. The minimum atomic E-state index is -2.96. The molecule has 1 atom stereocenters. The summed E-state index contributed by atoms with van der Waals surface area (Å²) in [6, 6.07) is 5.55. The molecule has 0 aromatic heterocycles. The Labute approximate surface area is 125 Å². The van der Waals surface area contributed by atoms with Gasteiger partial charge in [0.25, 0.3) is 0 Å². The number of rotatable bonds is 5. The lowest BCUT2D eigenvalue weighted by Gasteiger charge is -2.11. The lowest BCUT2D eigenvalue weighted by atomic mass is 10.1. The van der Waals surface area contributed by atoms with Gasteiger partial charge in [0.1, 0.15) is 5.75 Å². The average Bonchev–Trinajstić information content (AvgIpc) is 2.73. The summed E-state index contributed by atoms with van der Waals surface area (Å²) in [5.41, 5.74) is 2.34. The largest absolute Gasteiger partial charge is 0.493 e. The lowest BCUT2D eigenvalue weighted by Crippen LogP contribution is -2.36. The van der Waals surface area contributed by atoms with Gasteiger partial charge in [-0.15, -0.1) is 0 Å². The van der Waals surface area contributed by atoms with Crippen LogP contribution in [-0.4, -0.2) is 38.5 Å². The Hall–Kier alpha value is -1.56. The molecule has 1 aromatic rings. The van der Waals surface area contributed by atoms with Gasteiger partial charge >= 0.3 is 0 Å². The van der Waals surface area contributed by atoms with Crippen LogP contribution in [0.25, 0.3) is 0 Å². The second-order valence-electron chi connectivity index (χ2n) is 5.51. The number of carbonyl (C=O) groups is 1. The minimum Gasteiger partial charge on any atom is -0.493 e. The van der Waals surface area contributed by atoms with Crippen molar-refractivity contribution in [2.24, 2.45) is 0 Å². The van der Waals surface area contributed by atoms with E-state index in [1.807, 2.05) is 32.0 Å². The van der Waals surface area contributed by atoms with Crippen LogP contribution in [0, 0.1) is 13.8 Å². The molecule has 1 aliphatic rings. The first kappa shape index (κ1) is 15.8. The average molecular weight is 311 g/mol. The summed E-state index contributed by atoms with van der Waals surface area (Å²) in [6.07, 6.45) is 0.732. The number of sulfone groups is 1. The number of benzene rings is 1. The number of amides is 1. The summed E-state index contributed by atoms with van der Waals surface area (Å²) in [6.45, 7) is 4.32. The van der Waals surface area contributed by atoms with E-state index in [4.69, 9.17) is 4.74 Å². The number of hydrogen-bond acceptors (Lipinski definition) is 4. The summed E-state index contributed by atoms with van der Waals surface area (Å²) in [5, 5.41) is 2.74. The number of carbonyl (C=O) groups excluding carboxylic acids is 1. The molecule has 21 heavy (non-hydrogen) atoms. The molecular weight excluding hydrogens is 290 g/mol. The molecule has 1 heterocycles.